The summed E-state index contributed by atoms with van der Waals surface area (Å²) in [5.41, 5.74) is 5.38. The summed E-state index contributed by atoms with van der Waals surface area (Å²) in [5, 5.41) is 16.8. The molecule has 124 valence electrons. The van der Waals surface area contributed by atoms with E-state index in [0.717, 1.165) is 15.7 Å². The van der Waals surface area contributed by atoms with Crippen LogP contribution in [0.3, 0.4) is 0 Å². The zero-order valence-electron chi connectivity index (χ0n) is 12.5. The number of halogens is 3. The normalized spacial score (nSPS) is 11.2. The van der Waals surface area contributed by atoms with Gasteiger partial charge in [-0.2, -0.15) is 10.4 Å². The van der Waals surface area contributed by atoms with Crippen LogP contribution in [0.4, 0.5) is 5.69 Å². The van der Waals surface area contributed by atoms with Gasteiger partial charge in [-0.3, -0.25) is 5.43 Å². The first kappa shape index (κ1) is 17.9. The maximum absolute atomic E-state index is 9.36. The second-order valence-corrected chi connectivity index (χ2v) is 7.45. The quantitative estimate of drug-likeness (QED) is 0.378. The molecule has 0 amide bonds. The van der Waals surface area contributed by atoms with Crippen LogP contribution in [0.25, 0.3) is 11.3 Å². The van der Waals surface area contributed by atoms with Gasteiger partial charge in [-0.25, -0.2) is 4.98 Å². The summed E-state index contributed by atoms with van der Waals surface area (Å²) in [4.78, 5) is 4.46. The Morgan fingerprint density at radius 3 is 2.60 bits per heavy atom. The van der Waals surface area contributed by atoms with Crippen LogP contribution >= 0.6 is 50.5 Å². The molecule has 1 aromatic heterocycles. The molecule has 0 aliphatic carbocycles. The predicted octanol–water partition coefficient (Wildman–Crippen LogP) is 6.22. The molecular formula is C17H9BrCl2N4S. The highest BCUT2D eigenvalue weighted by molar-refractivity contribution is 9.10. The van der Waals surface area contributed by atoms with E-state index < -0.39 is 0 Å². The highest BCUT2D eigenvalue weighted by Crippen LogP contribution is 2.29. The van der Waals surface area contributed by atoms with Crippen molar-refractivity contribution in [3.63, 3.8) is 0 Å². The van der Waals surface area contributed by atoms with Crippen molar-refractivity contribution in [1.29, 1.82) is 5.26 Å². The topological polar surface area (TPSA) is 61.1 Å². The summed E-state index contributed by atoms with van der Waals surface area (Å²) in [6, 6.07) is 14.8. The molecule has 0 spiro atoms. The summed E-state index contributed by atoms with van der Waals surface area (Å²) < 4.78 is 0.966. The fraction of sp³-hybridized carbons (Fsp3) is 0. The van der Waals surface area contributed by atoms with Crippen molar-refractivity contribution in [3.05, 3.63) is 67.4 Å². The number of thiazole rings is 1. The van der Waals surface area contributed by atoms with E-state index in [0.29, 0.717) is 20.7 Å². The lowest BCUT2D eigenvalue weighted by Gasteiger charge is -2.01. The molecule has 4 nitrogen and oxygen atoms in total. The Morgan fingerprint density at radius 1 is 1.16 bits per heavy atom. The van der Waals surface area contributed by atoms with E-state index in [1.54, 1.807) is 12.1 Å². The monoisotopic (exact) mass is 450 g/mol. The third kappa shape index (κ3) is 4.39. The molecule has 2 aromatic carbocycles. The fourth-order valence-corrected chi connectivity index (χ4v) is 3.26. The Hall–Kier alpha value is -1.91. The Balaban J connectivity index is 1.83. The number of hydrogen-bond donors (Lipinski definition) is 1. The Bertz CT molecular complexity index is 977. The minimum atomic E-state index is 0.208. The summed E-state index contributed by atoms with van der Waals surface area (Å²) in [5.74, 6) is 0. The van der Waals surface area contributed by atoms with Gasteiger partial charge in [0, 0.05) is 15.4 Å². The van der Waals surface area contributed by atoms with Crippen molar-refractivity contribution in [2.75, 3.05) is 5.43 Å². The van der Waals surface area contributed by atoms with Crippen molar-refractivity contribution < 1.29 is 0 Å². The molecule has 25 heavy (non-hydrogen) atoms. The second kappa shape index (κ2) is 7.98. The molecule has 3 rings (SSSR count). The number of nitriles is 1. The van der Waals surface area contributed by atoms with E-state index in [9.17, 15) is 5.26 Å². The first-order valence-electron chi connectivity index (χ1n) is 6.97. The van der Waals surface area contributed by atoms with E-state index in [2.05, 4.69) is 37.5 Å². The molecule has 8 heteroatoms. The lowest BCUT2D eigenvalue weighted by atomic mass is 10.2. The van der Waals surface area contributed by atoms with E-state index in [-0.39, 0.29) is 5.71 Å². The number of nitrogens with one attached hydrogen (secondary N) is 1. The first-order chi connectivity index (χ1) is 12.1. The third-order valence-corrected chi connectivity index (χ3v) is 5.29. The van der Waals surface area contributed by atoms with Crippen LogP contribution in [0.15, 0.2) is 57.4 Å². The molecule has 0 aliphatic heterocycles. The lowest BCUT2D eigenvalue weighted by Crippen LogP contribution is -2.01. The number of rotatable bonds is 4. The van der Waals surface area contributed by atoms with Crippen molar-refractivity contribution in [2.24, 2.45) is 5.10 Å². The Labute approximate surface area is 166 Å². The average Bonchev–Trinajstić information content (AvgIpc) is 3.09. The smallest absolute Gasteiger partial charge is 0.196 e. The Kier molecular flexibility index (Phi) is 5.71. The van der Waals surface area contributed by atoms with Crippen molar-refractivity contribution in [1.82, 2.24) is 4.98 Å². The molecular weight excluding hydrogens is 443 g/mol. The maximum atomic E-state index is 9.36. The molecule has 0 aliphatic rings. The zero-order valence-corrected chi connectivity index (χ0v) is 16.4. The highest BCUT2D eigenvalue weighted by atomic mass is 79.9. The van der Waals surface area contributed by atoms with Gasteiger partial charge in [-0.15, -0.1) is 11.3 Å². The van der Waals surface area contributed by atoms with Gasteiger partial charge in [0.05, 0.1) is 21.4 Å². The van der Waals surface area contributed by atoms with Gasteiger partial charge in [-0.1, -0.05) is 45.2 Å². The van der Waals surface area contributed by atoms with Crippen molar-refractivity contribution in [2.45, 2.75) is 0 Å². The predicted molar refractivity (Wildman–Crippen MR) is 107 cm³/mol. The van der Waals surface area contributed by atoms with Gasteiger partial charge in [-0.05, 0) is 36.4 Å². The molecule has 0 atom stereocenters. The van der Waals surface area contributed by atoms with Crippen LogP contribution in [-0.2, 0) is 0 Å². The number of anilines is 1. The van der Waals surface area contributed by atoms with Gasteiger partial charge in [0.15, 0.2) is 10.7 Å². The van der Waals surface area contributed by atoms with Gasteiger partial charge < -0.3 is 0 Å². The summed E-state index contributed by atoms with van der Waals surface area (Å²) in [7, 11) is 0. The van der Waals surface area contributed by atoms with Crippen molar-refractivity contribution >= 4 is 61.9 Å². The van der Waals surface area contributed by atoms with Crippen LogP contribution in [0.5, 0.6) is 0 Å². The minimum absolute atomic E-state index is 0.208. The van der Waals surface area contributed by atoms with E-state index in [1.807, 2.05) is 35.7 Å². The molecule has 0 bridgehead atoms. The zero-order chi connectivity index (χ0) is 17.8. The number of benzene rings is 2. The number of hydrogen-bond acceptors (Lipinski definition) is 5. The molecule has 0 fully saturated rings. The van der Waals surface area contributed by atoms with Crippen LogP contribution < -0.4 is 5.43 Å². The lowest BCUT2D eigenvalue weighted by molar-refractivity contribution is 1.31. The first-order valence-corrected chi connectivity index (χ1v) is 9.40. The Morgan fingerprint density at radius 2 is 1.92 bits per heavy atom. The summed E-state index contributed by atoms with van der Waals surface area (Å²) in [6.07, 6.45) is 0. The molecule has 0 saturated heterocycles. The molecule has 0 unspecified atom stereocenters. The third-order valence-electron chi connectivity index (χ3n) is 3.17. The van der Waals surface area contributed by atoms with E-state index in [4.69, 9.17) is 23.2 Å². The van der Waals surface area contributed by atoms with Gasteiger partial charge in [0.1, 0.15) is 6.07 Å². The van der Waals surface area contributed by atoms with Gasteiger partial charge in [0.25, 0.3) is 0 Å². The van der Waals surface area contributed by atoms with E-state index in [1.165, 1.54) is 11.3 Å². The van der Waals surface area contributed by atoms with Crippen LogP contribution in [0, 0.1) is 11.3 Å². The molecule has 3 aromatic rings. The maximum Gasteiger partial charge on any atom is 0.196 e. The standard InChI is InChI=1S/C17H9BrCl2N4S/c18-11-2-4-12(5-3-11)23-24-15(8-21)17-22-16(9-25-17)10-1-6-13(19)14(20)7-10/h1-7,9,23H. The van der Waals surface area contributed by atoms with Gasteiger partial charge >= 0.3 is 0 Å². The van der Waals surface area contributed by atoms with E-state index >= 15 is 0 Å². The average molecular weight is 452 g/mol. The SMILES string of the molecule is N#CC(=NNc1ccc(Br)cc1)c1nc(-c2ccc(Cl)c(Cl)c2)cs1. The molecule has 0 radical (unpaired) electrons. The number of hydrazone groups is 1. The fourth-order valence-electron chi connectivity index (χ4n) is 1.94. The van der Waals surface area contributed by atoms with Crippen LogP contribution in [0.2, 0.25) is 10.0 Å². The minimum Gasteiger partial charge on any atom is -0.277 e. The largest absolute Gasteiger partial charge is 0.277 e. The van der Waals surface area contributed by atoms with Crippen LogP contribution in [-0.4, -0.2) is 10.7 Å². The van der Waals surface area contributed by atoms with Gasteiger partial charge in [0.2, 0.25) is 0 Å². The second-order valence-electron chi connectivity index (χ2n) is 4.86. The van der Waals surface area contributed by atoms with Crippen LogP contribution in [0.1, 0.15) is 5.01 Å². The summed E-state index contributed by atoms with van der Waals surface area (Å²) >= 11 is 16.7. The number of aromatic nitrogens is 1. The van der Waals surface area contributed by atoms with Crippen molar-refractivity contribution in [3.8, 4) is 17.3 Å². The molecule has 1 N–H and O–H groups in total. The molecule has 0 saturated carbocycles. The number of nitrogens with zero attached hydrogens (tertiary/aromatic N) is 3. The summed E-state index contributed by atoms with van der Waals surface area (Å²) in [6.45, 7) is 0. The molecule has 1 heterocycles. The highest BCUT2D eigenvalue weighted by Gasteiger charge is 2.11.